The SMILES string of the molecule is Cc1ccc2nc(-c3ccc(NC(=O)Nc4ccc(Cl)c(Cl)c4)cc3)sc2c1. The summed E-state index contributed by atoms with van der Waals surface area (Å²) in [5.74, 6) is 0. The van der Waals surface area contributed by atoms with Crippen LogP contribution in [-0.2, 0) is 0 Å². The van der Waals surface area contributed by atoms with E-state index in [9.17, 15) is 4.79 Å². The van der Waals surface area contributed by atoms with Gasteiger partial charge in [-0.25, -0.2) is 9.78 Å². The van der Waals surface area contributed by atoms with Gasteiger partial charge in [0.15, 0.2) is 0 Å². The number of nitrogens with zero attached hydrogens (tertiary/aromatic N) is 1. The predicted octanol–water partition coefficient (Wildman–Crippen LogP) is 7.22. The number of thiazole rings is 1. The molecule has 0 spiro atoms. The number of amides is 2. The van der Waals surface area contributed by atoms with E-state index < -0.39 is 0 Å². The lowest BCUT2D eigenvalue weighted by Gasteiger charge is -2.08. The molecule has 3 aromatic carbocycles. The largest absolute Gasteiger partial charge is 0.323 e. The lowest BCUT2D eigenvalue weighted by molar-refractivity contribution is 0.262. The van der Waals surface area contributed by atoms with Gasteiger partial charge in [-0.15, -0.1) is 11.3 Å². The zero-order valence-corrected chi connectivity index (χ0v) is 17.1. The summed E-state index contributed by atoms with van der Waals surface area (Å²) >= 11 is 13.5. The first-order chi connectivity index (χ1) is 13.5. The number of urea groups is 1. The van der Waals surface area contributed by atoms with E-state index in [1.807, 2.05) is 30.3 Å². The summed E-state index contributed by atoms with van der Waals surface area (Å²) in [6, 6.07) is 18.4. The Labute approximate surface area is 176 Å². The van der Waals surface area contributed by atoms with Crippen molar-refractivity contribution in [2.45, 2.75) is 6.92 Å². The number of aromatic nitrogens is 1. The van der Waals surface area contributed by atoms with Gasteiger partial charge in [0.2, 0.25) is 0 Å². The highest BCUT2D eigenvalue weighted by molar-refractivity contribution is 7.21. The second-order valence-electron chi connectivity index (χ2n) is 6.28. The van der Waals surface area contributed by atoms with E-state index >= 15 is 0 Å². The van der Waals surface area contributed by atoms with Crippen molar-refractivity contribution < 1.29 is 4.79 Å². The average molecular weight is 428 g/mol. The third kappa shape index (κ3) is 4.12. The van der Waals surface area contributed by atoms with Crippen LogP contribution >= 0.6 is 34.5 Å². The van der Waals surface area contributed by atoms with E-state index in [1.54, 1.807) is 29.5 Å². The molecule has 0 fully saturated rings. The minimum atomic E-state index is -0.360. The normalized spacial score (nSPS) is 10.8. The van der Waals surface area contributed by atoms with Crippen molar-refractivity contribution in [2.24, 2.45) is 0 Å². The number of nitrogens with one attached hydrogen (secondary N) is 2. The molecule has 2 amide bonds. The molecule has 2 N–H and O–H groups in total. The molecule has 0 radical (unpaired) electrons. The van der Waals surface area contributed by atoms with Crippen LogP contribution in [0.5, 0.6) is 0 Å². The Kier molecular flexibility index (Phi) is 5.22. The van der Waals surface area contributed by atoms with Crippen molar-refractivity contribution >= 4 is 62.2 Å². The van der Waals surface area contributed by atoms with Crippen LogP contribution in [0.2, 0.25) is 10.0 Å². The van der Waals surface area contributed by atoms with Crippen LogP contribution in [0, 0.1) is 6.92 Å². The fourth-order valence-corrected chi connectivity index (χ4v) is 4.09. The summed E-state index contributed by atoms with van der Waals surface area (Å²) in [7, 11) is 0. The Morgan fingerprint density at radius 3 is 2.36 bits per heavy atom. The van der Waals surface area contributed by atoms with Crippen molar-refractivity contribution in [3.63, 3.8) is 0 Å². The molecule has 0 saturated heterocycles. The molecule has 0 aliphatic rings. The zero-order valence-electron chi connectivity index (χ0n) is 14.8. The minimum absolute atomic E-state index is 0.360. The van der Waals surface area contributed by atoms with Gasteiger partial charge in [-0.3, -0.25) is 0 Å². The second kappa shape index (κ2) is 7.80. The van der Waals surface area contributed by atoms with Crippen LogP contribution in [0.4, 0.5) is 16.2 Å². The number of anilines is 2. The molecular formula is C21H15Cl2N3OS. The van der Waals surface area contributed by atoms with Gasteiger partial charge in [0, 0.05) is 16.9 Å². The molecule has 4 nitrogen and oxygen atoms in total. The van der Waals surface area contributed by atoms with Gasteiger partial charge in [0.25, 0.3) is 0 Å². The number of rotatable bonds is 3. The second-order valence-corrected chi connectivity index (χ2v) is 8.12. The Morgan fingerprint density at radius 2 is 1.61 bits per heavy atom. The first-order valence-electron chi connectivity index (χ1n) is 8.48. The van der Waals surface area contributed by atoms with Crippen LogP contribution in [0.15, 0.2) is 60.7 Å². The number of halogens is 2. The van der Waals surface area contributed by atoms with Crippen molar-refractivity contribution in [3.8, 4) is 10.6 Å². The molecule has 28 heavy (non-hydrogen) atoms. The zero-order chi connectivity index (χ0) is 19.7. The molecule has 0 aliphatic carbocycles. The molecule has 0 aliphatic heterocycles. The van der Waals surface area contributed by atoms with Crippen LogP contribution in [0.1, 0.15) is 5.56 Å². The number of fused-ring (bicyclic) bond motifs is 1. The molecule has 0 saturated carbocycles. The molecule has 0 atom stereocenters. The van der Waals surface area contributed by atoms with Gasteiger partial charge >= 0.3 is 6.03 Å². The van der Waals surface area contributed by atoms with Gasteiger partial charge in [0.05, 0.1) is 20.3 Å². The van der Waals surface area contributed by atoms with E-state index in [2.05, 4.69) is 34.7 Å². The van der Waals surface area contributed by atoms with Crippen LogP contribution < -0.4 is 10.6 Å². The number of benzene rings is 3. The topological polar surface area (TPSA) is 54.0 Å². The maximum atomic E-state index is 12.2. The highest BCUT2D eigenvalue weighted by atomic mass is 35.5. The van der Waals surface area contributed by atoms with Crippen LogP contribution in [-0.4, -0.2) is 11.0 Å². The van der Waals surface area contributed by atoms with Gasteiger partial charge in [0.1, 0.15) is 5.01 Å². The van der Waals surface area contributed by atoms with E-state index in [0.29, 0.717) is 21.4 Å². The molecule has 0 unspecified atom stereocenters. The van der Waals surface area contributed by atoms with E-state index in [4.69, 9.17) is 23.2 Å². The Hall–Kier alpha value is -2.60. The van der Waals surface area contributed by atoms with Gasteiger partial charge < -0.3 is 10.6 Å². The molecule has 140 valence electrons. The predicted molar refractivity (Wildman–Crippen MR) is 119 cm³/mol. The van der Waals surface area contributed by atoms with Gasteiger partial charge in [-0.1, -0.05) is 29.3 Å². The van der Waals surface area contributed by atoms with Gasteiger partial charge in [-0.05, 0) is 67.1 Å². The monoisotopic (exact) mass is 427 g/mol. The lowest BCUT2D eigenvalue weighted by Crippen LogP contribution is -2.19. The van der Waals surface area contributed by atoms with Crippen molar-refractivity contribution in [1.29, 1.82) is 0 Å². The number of aryl methyl sites for hydroxylation is 1. The average Bonchev–Trinajstić information content (AvgIpc) is 3.08. The summed E-state index contributed by atoms with van der Waals surface area (Å²) in [5.41, 5.74) is 4.46. The highest BCUT2D eigenvalue weighted by Gasteiger charge is 2.08. The summed E-state index contributed by atoms with van der Waals surface area (Å²) in [6.45, 7) is 2.07. The molecule has 7 heteroatoms. The third-order valence-electron chi connectivity index (χ3n) is 4.11. The highest BCUT2D eigenvalue weighted by Crippen LogP contribution is 2.31. The van der Waals surface area contributed by atoms with E-state index in [-0.39, 0.29) is 6.03 Å². The Bertz CT molecular complexity index is 1170. The summed E-state index contributed by atoms with van der Waals surface area (Å²) in [4.78, 5) is 16.9. The van der Waals surface area contributed by atoms with Crippen molar-refractivity contribution in [1.82, 2.24) is 4.98 Å². The standard InChI is InChI=1S/C21H15Cl2N3OS/c1-12-2-9-18-19(10-12)28-20(26-18)13-3-5-14(6-4-13)24-21(27)25-15-7-8-16(22)17(23)11-15/h2-11H,1H3,(H2,24,25,27). The van der Waals surface area contributed by atoms with Crippen molar-refractivity contribution in [3.05, 3.63) is 76.3 Å². The molecular weight excluding hydrogens is 413 g/mol. The molecule has 1 heterocycles. The molecule has 1 aromatic heterocycles. The summed E-state index contributed by atoms with van der Waals surface area (Å²) in [6.07, 6.45) is 0. The minimum Gasteiger partial charge on any atom is -0.308 e. The summed E-state index contributed by atoms with van der Waals surface area (Å²) < 4.78 is 1.17. The smallest absolute Gasteiger partial charge is 0.308 e. The van der Waals surface area contributed by atoms with Crippen molar-refractivity contribution in [2.75, 3.05) is 10.6 Å². The quantitative estimate of drug-likeness (QED) is 0.362. The molecule has 4 rings (SSSR count). The fourth-order valence-electron chi connectivity index (χ4n) is 2.72. The molecule has 4 aromatic rings. The first-order valence-corrected chi connectivity index (χ1v) is 10.1. The first kappa shape index (κ1) is 18.7. The number of carbonyl (C=O) groups is 1. The molecule has 0 bridgehead atoms. The van der Waals surface area contributed by atoms with E-state index in [0.717, 1.165) is 16.1 Å². The van der Waals surface area contributed by atoms with E-state index in [1.165, 1.54) is 10.3 Å². The maximum Gasteiger partial charge on any atom is 0.323 e. The third-order valence-corrected chi connectivity index (χ3v) is 5.92. The van der Waals surface area contributed by atoms with Crippen LogP contribution in [0.3, 0.4) is 0 Å². The number of carbonyl (C=O) groups excluding carboxylic acids is 1. The Morgan fingerprint density at radius 1 is 0.893 bits per heavy atom. The van der Waals surface area contributed by atoms with Gasteiger partial charge in [-0.2, -0.15) is 0 Å². The Balaban J connectivity index is 1.46. The summed E-state index contributed by atoms with van der Waals surface area (Å²) in [5, 5.41) is 7.29. The van der Waals surface area contributed by atoms with Crippen LogP contribution in [0.25, 0.3) is 20.8 Å². The lowest BCUT2D eigenvalue weighted by atomic mass is 10.2. The number of hydrogen-bond donors (Lipinski definition) is 2. The fraction of sp³-hybridized carbons (Fsp3) is 0.0476. The maximum absolute atomic E-state index is 12.2. The number of hydrogen-bond acceptors (Lipinski definition) is 3.